The van der Waals surface area contributed by atoms with Gasteiger partial charge in [-0.2, -0.15) is 0 Å². The molecule has 0 aliphatic rings. The molecule has 2 aromatic rings. The summed E-state index contributed by atoms with van der Waals surface area (Å²) in [6, 6.07) is 11.7. The topological polar surface area (TPSA) is 73.6 Å². The van der Waals surface area contributed by atoms with E-state index in [1.54, 1.807) is 42.5 Å². The van der Waals surface area contributed by atoms with Crippen LogP contribution in [0.5, 0.6) is 0 Å². The van der Waals surface area contributed by atoms with Crippen LogP contribution in [0.2, 0.25) is 0 Å². The third-order valence-electron chi connectivity index (χ3n) is 2.88. The van der Waals surface area contributed by atoms with E-state index in [1.807, 2.05) is 22.6 Å². The second-order valence-corrected chi connectivity index (χ2v) is 7.80. The second kappa shape index (κ2) is 8.30. The smallest absolute Gasteiger partial charge is 0.330 e. The number of ether oxygens (including phenoxy) is 1. The van der Waals surface area contributed by atoms with Gasteiger partial charge in [-0.25, -0.2) is 13.2 Å². The van der Waals surface area contributed by atoms with Crippen LogP contribution in [-0.2, 0) is 19.4 Å². The van der Waals surface area contributed by atoms with Crippen LogP contribution in [0.3, 0.4) is 0 Å². The van der Waals surface area contributed by atoms with Gasteiger partial charge in [0.2, 0.25) is 0 Å². The summed E-state index contributed by atoms with van der Waals surface area (Å²) in [7, 11) is -3.34. The predicted octanol–water partition coefficient (Wildman–Crippen LogP) is 3.30. The molecule has 0 unspecified atom stereocenters. The number of esters is 1. The van der Waals surface area contributed by atoms with Gasteiger partial charge in [0.1, 0.15) is 5.76 Å². The lowest BCUT2D eigenvalue weighted by Crippen LogP contribution is -2.11. The summed E-state index contributed by atoms with van der Waals surface area (Å²) in [4.78, 5) is 11.8. The van der Waals surface area contributed by atoms with Crippen LogP contribution in [0.25, 0.3) is 6.08 Å². The zero-order chi connectivity index (χ0) is 16.7. The number of carbonyl (C=O) groups excluding carboxylic acids is 1. The quantitative estimate of drug-likeness (QED) is 0.283. The molecule has 0 amide bonds. The average Bonchev–Trinajstić information content (AvgIpc) is 2.96. The Morgan fingerprint density at radius 2 is 1.91 bits per heavy atom. The van der Waals surface area contributed by atoms with Crippen LogP contribution < -0.4 is 0 Å². The van der Waals surface area contributed by atoms with E-state index in [2.05, 4.69) is 0 Å². The fourth-order valence-electron chi connectivity index (χ4n) is 1.78. The van der Waals surface area contributed by atoms with Crippen molar-refractivity contribution in [3.63, 3.8) is 0 Å². The van der Waals surface area contributed by atoms with Crippen molar-refractivity contribution >= 4 is 44.5 Å². The number of carbonyl (C=O) groups is 1. The van der Waals surface area contributed by atoms with Crippen molar-refractivity contribution < 1.29 is 22.4 Å². The van der Waals surface area contributed by atoms with Gasteiger partial charge in [-0.15, -0.1) is 0 Å². The largest absolute Gasteiger partial charge is 0.462 e. The van der Waals surface area contributed by atoms with Crippen LogP contribution in [0.15, 0.2) is 57.9 Å². The SMILES string of the molecule is O=C(/C=C/c1ccc(I)o1)OCCCS(=O)(=O)c1ccccc1. The Morgan fingerprint density at radius 3 is 2.57 bits per heavy atom. The van der Waals surface area contributed by atoms with E-state index in [1.165, 1.54) is 12.2 Å². The molecule has 0 spiro atoms. The van der Waals surface area contributed by atoms with Gasteiger partial charge in [-0.05, 0) is 59.4 Å². The molecule has 0 radical (unpaired) electrons. The summed E-state index contributed by atoms with van der Waals surface area (Å²) in [6.45, 7) is 0.0466. The molecule has 0 N–H and O–H groups in total. The molecule has 0 fully saturated rings. The van der Waals surface area contributed by atoms with Gasteiger partial charge in [0, 0.05) is 6.08 Å². The maximum absolute atomic E-state index is 12.0. The van der Waals surface area contributed by atoms with Gasteiger partial charge >= 0.3 is 5.97 Å². The third kappa shape index (κ3) is 5.83. The number of halogens is 1. The molecule has 0 atom stereocenters. The summed E-state index contributed by atoms with van der Waals surface area (Å²) >= 11 is 2.02. The van der Waals surface area contributed by atoms with Gasteiger partial charge in [-0.1, -0.05) is 18.2 Å². The first kappa shape index (κ1) is 17.7. The molecule has 1 heterocycles. The maximum Gasteiger partial charge on any atom is 0.330 e. The lowest BCUT2D eigenvalue weighted by Gasteiger charge is -2.04. The van der Waals surface area contributed by atoms with Crippen molar-refractivity contribution in [2.45, 2.75) is 11.3 Å². The fraction of sp³-hybridized carbons (Fsp3) is 0.188. The van der Waals surface area contributed by atoms with E-state index < -0.39 is 15.8 Å². The second-order valence-electron chi connectivity index (χ2n) is 4.63. The monoisotopic (exact) mass is 446 g/mol. The maximum atomic E-state index is 12.0. The molecule has 23 heavy (non-hydrogen) atoms. The molecule has 0 aliphatic heterocycles. The van der Waals surface area contributed by atoms with Gasteiger partial charge in [0.15, 0.2) is 13.6 Å². The third-order valence-corrected chi connectivity index (χ3v) is 5.28. The highest BCUT2D eigenvalue weighted by Gasteiger charge is 2.13. The normalized spacial score (nSPS) is 11.7. The minimum absolute atomic E-state index is 0.0466. The molecular weight excluding hydrogens is 431 g/mol. The first-order valence-corrected chi connectivity index (χ1v) is 9.58. The van der Waals surface area contributed by atoms with E-state index >= 15 is 0 Å². The van der Waals surface area contributed by atoms with Crippen molar-refractivity contribution in [2.24, 2.45) is 0 Å². The molecule has 5 nitrogen and oxygen atoms in total. The summed E-state index contributed by atoms with van der Waals surface area (Å²) in [5.74, 6) is -0.0452. The Bertz CT molecular complexity index is 778. The van der Waals surface area contributed by atoms with Crippen LogP contribution in [0.1, 0.15) is 12.2 Å². The van der Waals surface area contributed by atoms with Crippen molar-refractivity contribution in [3.8, 4) is 0 Å². The molecule has 0 aliphatic carbocycles. The molecule has 1 aromatic heterocycles. The van der Waals surface area contributed by atoms with E-state index in [4.69, 9.17) is 9.15 Å². The highest BCUT2D eigenvalue weighted by atomic mass is 127. The molecular formula is C16H15IO5S. The van der Waals surface area contributed by atoms with Crippen LogP contribution in [0, 0.1) is 3.77 Å². The number of hydrogen-bond acceptors (Lipinski definition) is 5. The van der Waals surface area contributed by atoms with Crippen molar-refractivity contribution in [1.29, 1.82) is 0 Å². The predicted molar refractivity (Wildman–Crippen MR) is 94.5 cm³/mol. The fourth-order valence-corrected chi connectivity index (χ4v) is 3.52. The summed E-state index contributed by atoms with van der Waals surface area (Å²) < 4.78 is 35.0. The van der Waals surface area contributed by atoms with Gasteiger partial charge in [0.05, 0.1) is 17.3 Å². The molecule has 0 saturated heterocycles. The molecule has 7 heteroatoms. The summed E-state index contributed by atoms with van der Waals surface area (Å²) in [5.41, 5.74) is 0. The zero-order valence-corrected chi connectivity index (χ0v) is 15.1. The zero-order valence-electron chi connectivity index (χ0n) is 12.1. The first-order chi connectivity index (χ1) is 11.0. The first-order valence-electron chi connectivity index (χ1n) is 6.85. The Hall–Kier alpha value is -1.61. The highest BCUT2D eigenvalue weighted by Crippen LogP contribution is 2.12. The minimum atomic E-state index is -3.34. The Morgan fingerprint density at radius 1 is 1.17 bits per heavy atom. The molecule has 122 valence electrons. The molecule has 2 rings (SSSR count). The Balaban J connectivity index is 1.75. The Kier molecular flexibility index (Phi) is 6.40. The van der Waals surface area contributed by atoms with Gasteiger partial charge < -0.3 is 9.15 Å². The molecule has 0 saturated carbocycles. The van der Waals surface area contributed by atoms with Crippen LogP contribution in [-0.4, -0.2) is 26.7 Å². The van der Waals surface area contributed by atoms with E-state index in [0.717, 1.165) is 3.77 Å². The van der Waals surface area contributed by atoms with Crippen molar-refractivity contribution in [1.82, 2.24) is 0 Å². The highest BCUT2D eigenvalue weighted by molar-refractivity contribution is 14.1. The lowest BCUT2D eigenvalue weighted by atomic mass is 10.4. The summed E-state index contributed by atoms with van der Waals surface area (Å²) in [6.07, 6.45) is 3.00. The van der Waals surface area contributed by atoms with Crippen molar-refractivity contribution in [2.75, 3.05) is 12.4 Å². The number of furan rings is 1. The molecule has 0 bridgehead atoms. The van der Waals surface area contributed by atoms with E-state index in [9.17, 15) is 13.2 Å². The van der Waals surface area contributed by atoms with E-state index in [-0.39, 0.29) is 23.7 Å². The number of sulfone groups is 1. The van der Waals surface area contributed by atoms with E-state index in [0.29, 0.717) is 5.76 Å². The van der Waals surface area contributed by atoms with Crippen LogP contribution in [0.4, 0.5) is 0 Å². The van der Waals surface area contributed by atoms with Crippen LogP contribution >= 0.6 is 22.6 Å². The lowest BCUT2D eigenvalue weighted by molar-refractivity contribution is -0.137. The number of rotatable bonds is 7. The Labute approximate surface area is 148 Å². The van der Waals surface area contributed by atoms with Gasteiger partial charge in [0.25, 0.3) is 0 Å². The van der Waals surface area contributed by atoms with Gasteiger partial charge in [-0.3, -0.25) is 0 Å². The minimum Gasteiger partial charge on any atom is -0.462 e. The summed E-state index contributed by atoms with van der Waals surface area (Å²) in [5, 5.41) is 0. The number of hydrogen-bond donors (Lipinski definition) is 0. The average molecular weight is 446 g/mol. The van der Waals surface area contributed by atoms with Crippen molar-refractivity contribution in [3.05, 3.63) is 58.1 Å². The number of benzene rings is 1. The molecule has 1 aromatic carbocycles. The standard InChI is InChI=1S/C16H15IO5S/c17-15-9-7-13(22-15)8-10-16(18)21-11-4-12-23(19,20)14-5-2-1-3-6-14/h1-3,5-10H,4,11-12H2/b10-8+.